The highest BCUT2D eigenvalue weighted by atomic mass is 19.4. The third-order valence-electron chi connectivity index (χ3n) is 5.90. The van der Waals surface area contributed by atoms with Crippen molar-refractivity contribution in [2.24, 2.45) is 0 Å². The maximum absolute atomic E-state index is 13.6. The monoisotopic (exact) mass is 500 g/mol. The molecular weight excluding hydrogens is 473 g/mol. The summed E-state index contributed by atoms with van der Waals surface area (Å²) in [6.45, 7) is 1.09. The van der Waals surface area contributed by atoms with Crippen LogP contribution in [-0.4, -0.2) is 42.2 Å². The van der Waals surface area contributed by atoms with Crippen molar-refractivity contribution in [1.82, 2.24) is 9.88 Å². The topological polar surface area (TPSA) is 60.9 Å². The number of hydrogen-bond acceptors (Lipinski definition) is 5. The Kier molecular flexibility index (Phi) is 8.10. The molecule has 1 aliphatic rings. The van der Waals surface area contributed by atoms with Gasteiger partial charge in [-0.3, -0.25) is 9.78 Å². The van der Waals surface area contributed by atoms with E-state index in [1.54, 1.807) is 24.4 Å². The van der Waals surface area contributed by atoms with Gasteiger partial charge in [-0.25, -0.2) is 0 Å². The van der Waals surface area contributed by atoms with E-state index in [4.69, 9.17) is 14.2 Å². The van der Waals surface area contributed by atoms with Gasteiger partial charge >= 0.3 is 6.18 Å². The fourth-order valence-electron chi connectivity index (χ4n) is 4.13. The van der Waals surface area contributed by atoms with Crippen molar-refractivity contribution in [3.8, 4) is 11.5 Å². The molecular formula is C27H27F3N2O4. The summed E-state index contributed by atoms with van der Waals surface area (Å²) in [5.41, 5.74) is 0.0987. The number of benzene rings is 2. The van der Waals surface area contributed by atoms with Crippen LogP contribution in [0.1, 0.15) is 40.0 Å². The van der Waals surface area contributed by atoms with Crippen molar-refractivity contribution in [2.45, 2.75) is 38.3 Å². The first kappa shape index (κ1) is 25.5. The summed E-state index contributed by atoms with van der Waals surface area (Å²) in [7, 11) is 1.50. The minimum atomic E-state index is -4.64. The van der Waals surface area contributed by atoms with Crippen molar-refractivity contribution in [1.29, 1.82) is 0 Å². The summed E-state index contributed by atoms with van der Waals surface area (Å²) in [6.07, 6.45) is -1.60. The number of carbonyl (C=O) groups excluding carboxylic acids is 1. The van der Waals surface area contributed by atoms with Crippen molar-refractivity contribution in [3.05, 3.63) is 89.2 Å². The van der Waals surface area contributed by atoms with E-state index in [9.17, 15) is 18.0 Å². The zero-order valence-corrected chi connectivity index (χ0v) is 19.8. The molecule has 0 unspecified atom stereocenters. The molecule has 9 heteroatoms. The van der Waals surface area contributed by atoms with Gasteiger partial charge in [0, 0.05) is 25.9 Å². The molecule has 6 nitrogen and oxygen atoms in total. The molecule has 3 aromatic rings. The van der Waals surface area contributed by atoms with Crippen LogP contribution in [0.5, 0.6) is 11.5 Å². The van der Waals surface area contributed by atoms with Crippen LogP contribution in [-0.2, 0) is 24.1 Å². The van der Waals surface area contributed by atoms with E-state index in [2.05, 4.69) is 4.98 Å². The lowest BCUT2D eigenvalue weighted by atomic mass is 10.0. The second-order valence-corrected chi connectivity index (χ2v) is 8.46. The smallest absolute Gasteiger partial charge is 0.417 e. The maximum Gasteiger partial charge on any atom is 0.417 e. The molecule has 36 heavy (non-hydrogen) atoms. The van der Waals surface area contributed by atoms with Crippen LogP contribution < -0.4 is 9.47 Å². The molecule has 0 N–H and O–H groups in total. The Hall–Kier alpha value is -3.59. The third kappa shape index (κ3) is 6.34. The number of methoxy groups -OCH3 is 1. The predicted octanol–water partition coefficient (Wildman–Crippen LogP) is 5.51. The lowest BCUT2D eigenvalue weighted by Crippen LogP contribution is -2.37. The van der Waals surface area contributed by atoms with E-state index in [0.29, 0.717) is 23.7 Å². The van der Waals surface area contributed by atoms with Crippen molar-refractivity contribution in [2.75, 3.05) is 20.3 Å². The van der Waals surface area contributed by atoms with E-state index >= 15 is 0 Å². The van der Waals surface area contributed by atoms with Gasteiger partial charge in [0.2, 0.25) is 0 Å². The van der Waals surface area contributed by atoms with Crippen LogP contribution in [0.4, 0.5) is 13.2 Å². The Morgan fingerprint density at radius 3 is 2.61 bits per heavy atom. The summed E-state index contributed by atoms with van der Waals surface area (Å²) in [5, 5.41) is 0. The first-order valence-electron chi connectivity index (χ1n) is 11.6. The number of rotatable bonds is 9. The Morgan fingerprint density at radius 1 is 1.11 bits per heavy atom. The van der Waals surface area contributed by atoms with Crippen molar-refractivity contribution >= 4 is 5.91 Å². The van der Waals surface area contributed by atoms with Gasteiger partial charge in [-0.1, -0.05) is 24.3 Å². The first-order chi connectivity index (χ1) is 17.3. The van der Waals surface area contributed by atoms with E-state index in [1.807, 2.05) is 18.2 Å². The number of nitrogens with zero attached hydrogens (tertiary/aromatic N) is 2. The van der Waals surface area contributed by atoms with Gasteiger partial charge in [0.05, 0.1) is 30.0 Å². The Labute approximate surface area is 207 Å². The Morgan fingerprint density at radius 2 is 1.92 bits per heavy atom. The van der Waals surface area contributed by atoms with E-state index < -0.39 is 17.6 Å². The molecule has 1 fully saturated rings. The number of aromatic nitrogens is 1. The Bertz CT molecular complexity index is 1170. The van der Waals surface area contributed by atoms with Gasteiger partial charge in [0.15, 0.2) is 11.5 Å². The van der Waals surface area contributed by atoms with Crippen LogP contribution in [0.2, 0.25) is 0 Å². The molecule has 2 heterocycles. The summed E-state index contributed by atoms with van der Waals surface area (Å²) in [6, 6.07) is 15.6. The molecule has 1 saturated heterocycles. The molecule has 0 saturated carbocycles. The number of hydrogen-bond donors (Lipinski definition) is 0. The molecule has 1 aliphatic heterocycles. The van der Waals surface area contributed by atoms with E-state index in [1.165, 1.54) is 30.2 Å². The molecule has 190 valence electrons. The lowest BCUT2D eigenvalue weighted by Gasteiger charge is -2.27. The number of carbonyl (C=O) groups is 1. The zero-order valence-electron chi connectivity index (χ0n) is 19.8. The highest BCUT2D eigenvalue weighted by Crippen LogP contribution is 2.33. The van der Waals surface area contributed by atoms with Gasteiger partial charge in [-0.05, 0) is 54.8 Å². The van der Waals surface area contributed by atoms with Crippen molar-refractivity contribution < 1.29 is 32.2 Å². The molecule has 1 aromatic heterocycles. The number of amides is 1. The number of alkyl halides is 3. The highest BCUT2D eigenvalue weighted by molar-refractivity contribution is 5.96. The molecule has 0 radical (unpaired) electrons. The van der Waals surface area contributed by atoms with Crippen LogP contribution in [0.3, 0.4) is 0 Å². The molecule has 0 bridgehead atoms. The normalized spacial score (nSPS) is 15.5. The van der Waals surface area contributed by atoms with Gasteiger partial charge in [-0.2, -0.15) is 13.2 Å². The fraction of sp³-hybridized carbons (Fsp3) is 0.333. The second kappa shape index (κ2) is 11.4. The predicted molar refractivity (Wildman–Crippen MR) is 127 cm³/mol. The number of ether oxygens (including phenoxy) is 3. The van der Waals surface area contributed by atoms with Crippen molar-refractivity contribution in [3.63, 3.8) is 0 Å². The lowest BCUT2D eigenvalue weighted by molar-refractivity contribution is -0.138. The average molecular weight is 501 g/mol. The largest absolute Gasteiger partial charge is 0.493 e. The maximum atomic E-state index is 13.6. The number of pyridine rings is 1. The molecule has 2 aromatic carbocycles. The molecule has 4 rings (SSSR count). The molecule has 1 amide bonds. The molecule has 0 spiro atoms. The van der Waals surface area contributed by atoms with Crippen LogP contribution in [0.15, 0.2) is 66.9 Å². The zero-order chi connectivity index (χ0) is 25.5. The van der Waals surface area contributed by atoms with Crippen LogP contribution >= 0.6 is 0 Å². The first-order valence-corrected chi connectivity index (χ1v) is 11.6. The van der Waals surface area contributed by atoms with Crippen LogP contribution in [0, 0.1) is 0 Å². The highest BCUT2D eigenvalue weighted by Gasteiger charge is 2.36. The van der Waals surface area contributed by atoms with Gasteiger partial charge in [0.1, 0.15) is 6.61 Å². The fourth-order valence-corrected chi connectivity index (χ4v) is 4.13. The van der Waals surface area contributed by atoms with E-state index in [0.717, 1.165) is 24.6 Å². The molecule has 0 aliphatic carbocycles. The van der Waals surface area contributed by atoms with E-state index in [-0.39, 0.29) is 31.4 Å². The summed E-state index contributed by atoms with van der Waals surface area (Å²) >= 11 is 0. The summed E-state index contributed by atoms with van der Waals surface area (Å²) in [5.74, 6) is 0.239. The summed E-state index contributed by atoms with van der Waals surface area (Å²) < 4.78 is 57.8. The minimum Gasteiger partial charge on any atom is -0.493 e. The third-order valence-corrected chi connectivity index (χ3v) is 5.90. The second-order valence-electron chi connectivity index (χ2n) is 8.46. The van der Waals surface area contributed by atoms with Crippen LogP contribution in [0.25, 0.3) is 0 Å². The number of halogens is 3. The standard InChI is InChI=1S/C27H27F3N2O4/c1-34-25-15-19(11-12-24(25)36-18-20-7-4-5-13-31-20)16-32(17-21-8-6-14-35-21)26(33)22-9-2-3-10-23(22)27(28,29)30/h2-5,7,9-13,15,21H,6,8,14,16-18H2,1H3/t21-/m0/s1. The summed E-state index contributed by atoms with van der Waals surface area (Å²) in [4.78, 5) is 19.0. The average Bonchev–Trinajstić information content (AvgIpc) is 3.40. The quantitative estimate of drug-likeness (QED) is 0.388. The Balaban J connectivity index is 1.57. The van der Waals surface area contributed by atoms with Gasteiger partial charge in [-0.15, -0.1) is 0 Å². The minimum absolute atomic E-state index is 0.0851. The van der Waals surface area contributed by atoms with Gasteiger partial charge in [0.25, 0.3) is 5.91 Å². The van der Waals surface area contributed by atoms with Gasteiger partial charge < -0.3 is 19.1 Å². The SMILES string of the molecule is COc1cc(CN(C[C@@H]2CCCO2)C(=O)c2ccccc2C(F)(F)F)ccc1OCc1ccccn1. The molecule has 1 atom stereocenters.